The molecule has 0 unspecified atom stereocenters. The Balaban J connectivity index is 1.32. The number of carbonyl (C=O) groups is 3. The molecular weight excluding hydrogens is 532 g/mol. The Morgan fingerprint density at radius 1 is 1.13 bits per heavy atom. The van der Waals surface area contributed by atoms with Gasteiger partial charge in [0.1, 0.15) is 11.6 Å². The average Bonchev–Trinajstić information content (AvgIpc) is 3.53. The Kier molecular flexibility index (Phi) is 6.25. The molecule has 3 amide bonds. The summed E-state index contributed by atoms with van der Waals surface area (Å²) in [6.45, 7) is 0.185. The highest BCUT2D eigenvalue weighted by atomic mass is 35.5. The van der Waals surface area contributed by atoms with E-state index in [1.165, 1.54) is 30.3 Å². The lowest BCUT2D eigenvalue weighted by Gasteiger charge is -2.36. The molecule has 3 aromatic rings. The fourth-order valence-corrected chi connectivity index (χ4v) is 5.82. The molecule has 1 aromatic heterocycles. The number of aromatic nitrogens is 2. The number of anilines is 2. The molecule has 4 heterocycles. The maximum absolute atomic E-state index is 15.2. The first-order valence-electron chi connectivity index (χ1n) is 12.7. The van der Waals surface area contributed by atoms with Crippen molar-refractivity contribution in [2.75, 3.05) is 23.7 Å². The van der Waals surface area contributed by atoms with E-state index < -0.39 is 29.2 Å². The number of imidazole rings is 1. The van der Waals surface area contributed by atoms with Crippen molar-refractivity contribution < 1.29 is 27.9 Å². The second kappa shape index (κ2) is 9.64. The summed E-state index contributed by atoms with van der Waals surface area (Å²) >= 11 is 6.05. The topological polar surface area (TPSA) is 116 Å². The molecule has 3 N–H and O–H groups in total. The van der Waals surface area contributed by atoms with Gasteiger partial charge < -0.3 is 19.9 Å². The number of nitrogens with one attached hydrogen (secondary N) is 3. The van der Waals surface area contributed by atoms with Crippen LogP contribution in [0.5, 0.6) is 0 Å². The van der Waals surface area contributed by atoms with Crippen molar-refractivity contribution in [3.05, 3.63) is 64.6 Å². The van der Waals surface area contributed by atoms with Crippen molar-refractivity contribution in [2.45, 2.75) is 43.6 Å². The van der Waals surface area contributed by atoms with Crippen LogP contribution >= 0.6 is 11.6 Å². The second-order valence-electron chi connectivity index (χ2n) is 10.0. The lowest BCUT2D eigenvalue weighted by Crippen LogP contribution is -2.44. The van der Waals surface area contributed by atoms with Crippen LogP contribution in [0.4, 0.5) is 25.0 Å². The van der Waals surface area contributed by atoms with Gasteiger partial charge in [-0.2, -0.15) is 0 Å². The molecule has 9 nitrogen and oxygen atoms in total. The van der Waals surface area contributed by atoms with Crippen molar-refractivity contribution >= 4 is 40.9 Å². The number of carbonyl (C=O) groups excluding carboxylic acids is 3. The van der Waals surface area contributed by atoms with Crippen molar-refractivity contribution in [1.82, 2.24) is 14.9 Å². The van der Waals surface area contributed by atoms with Crippen LogP contribution in [0.3, 0.4) is 0 Å². The molecular formula is C27H24ClF2N5O4. The number of hydrogen-bond acceptors (Lipinski definition) is 5. The van der Waals surface area contributed by atoms with Gasteiger partial charge in [-0.1, -0.05) is 18.0 Å². The van der Waals surface area contributed by atoms with E-state index in [0.717, 1.165) is 0 Å². The standard InChI is InChI=1S/C27H24ClF2N5O4/c28-17-7-8-18-22(23(17)30)27(39-26(38)34-18)9-10-35(13-27)25(37)16-3-1-2-4-21(36)32-19-11-14(29)5-6-15(19)20-12-31-24(16)33-20/h5-8,11-12,16H,1-4,9-10,13H2,(H,31,33)(H,32,36)(H,34,38)/t16-,27-/m0/s1. The normalized spacial score (nSPS) is 22.6. The molecule has 202 valence electrons. The Labute approximate surface area is 226 Å². The molecule has 2 bridgehead atoms. The predicted octanol–water partition coefficient (Wildman–Crippen LogP) is 5.29. The number of nitrogens with zero attached hydrogens (tertiary/aromatic N) is 2. The Morgan fingerprint density at radius 2 is 1.97 bits per heavy atom. The summed E-state index contributed by atoms with van der Waals surface area (Å²) in [5.74, 6) is -1.96. The molecule has 1 saturated heterocycles. The van der Waals surface area contributed by atoms with Gasteiger partial charge in [-0.15, -0.1) is 0 Å². The first-order valence-corrected chi connectivity index (χ1v) is 13.0. The number of rotatable bonds is 1. The number of likely N-dealkylation sites (tertiary alicyclic amines) is 1. The number of H-pyrrole nitrogens is 1. The highest BCUT2D eigenvalue weighted by Gasteiger charge is 2.51. The number of aromatic amines is 1. The molecule has 0 aliphatic carbocycles. The summed E-state index contributed by atoms with van der Waals surface area (Å²) in [4.78, 5) is 48.0. The van der Waals surface area contributed by atoms with Gasteiger partial charge >= 0.3 is 6.09 Å². The van der Waals surface area contributed by atoms with Crippen LogP contribution < -0.4 is 10.6 Å². The predicted molar refractivity (Wildman–Crippen MR) is 138 cm³/mol. The summed E-state index contributed by atoms with van der Waals surface area (Å²) in [6.07, 6.45) is 2.78. The third-order valence-corrected chi connectivity index (χ3v) is 7.81. The summed E-state index contributed by atoms with van der Waals surface area (Å²) in [7, 11) is 0. The molecule has 6 rings (SSSR count). The minimum atomic E-state index is -1.37. The van der Waals surface area contributed by atoms with E-state index in [2.05, 4.69) is 20.6 Å². The van der Waals surface area contributed by atoms with Gasteiger partial charge in [0, 0.05) is 31.1 Å². The van der Waals surface area contributed by atoms with Gasteiger partial charge in [0.2, 0.25) is 11.8 Å². The first kappa shape index (κ1) is 25.3. The van der Waals surface area contributed by atoms with E-state index in [4.69, 9.17) is 16.3 Å². The Bertz CT molecular complexity index is 1510. The second-order valence-corrected chi connectivity index (χ2v) is 10.4. The van der Waals surface area contributed by atoms with Crippen molar-refractivity contribution in [3.63, 3.8) is 0 Å². The van der Waals surface area contributed by atoms with Crippen LogP contribution in [0.15, 0.2) is 36.5 Å². The first-order chi connectivity index (χ1) is 18.7. The van der Waals surface area contributed by atoms with Gasteiger partial charge in [0.15, 0.2) is 11.4 Å². The number of ether oxygens (including phenoxy) is 1. The van der Waals surface area contributed by atoms with E-state index in [0.29, 0.717) is 42.0 Å². The smallest absolute Gasteiger partial charge is 0.412 e. The van der Waals surface area contributed by atoms with Gasteiger partial charge in [0.05, 0.1) is 40.1 Å². The molecule has 1 fully saturated rings. The zero-order valence-electron chi connectivity index (χ0n) is 20.7. The lowest BCUT2D eigenvalue weighted by molar-refractivity contribution is -0.133. The largest absolute Gasteiger partial charge is 0.436 e. The quantitative estimate of drug-likeness (QED) is 0.377. The van der Waals surface area contributed by atoms with E-state index in [1.807, 2.05) is 0 Å². The maximum atomic E-state index is 15.2. The highest BCUT2D eigenvalue weighted by Crippen LogP contribution is 2.46. The van der Waals surface area contributed by atoms with E-state index in [1.54, 1.807) is 11.1 Å². The van der Waals surface area contributed by atoms with Crippen LogP contribution in [0.2, 0.25) is 5.02 Å². The number of halogens is 3. The van der Waals surface area contributed by atoms with Gasteiger partial charge in [-0.05, 0) is 43.2 Å². The SMILES string of the molecule is O=C1CCCC[C@H](C(=O)N2CC[C@@]3(C2)OC(=O)Nc2ccc(Cl)c(F)c23)c2nc(c[nH]2)-c2ccc(F)cc2N1. The molecule has 2 atom stereocenters. The fraction of sp³-hybridized carbons (Fsp3) is 0.333. The Hall–Kier alpha value is -3.99. The van der Waals surface area contributed by atoms with E-state index in [-0.39, 0.29) is 54.0 Å². The lowest BCUT2D eigenvalue weighted by atomic mass is 9.89. The number of benzene rings is 2. The molecule has 39 heavy (non-hydrogen) atoms. The summed E-state index contributed by atoms with van der Waals surface area (Å²) in [5.41, 5.74) is 0.286. The number of fused-ring (bicyclic) bond motifs is 6. The minimum absolute atomic E-state index is 0.0436. The van der Waals surface area contributed by atoms with Crippen LogP contribution in [0, 0.1) is 11.6 Å². The van der Waals surface area contributed by atoms with Gasteiger partial charge in [0.25, 0.3) is 0 Å². The molecule has 1 spiro atoms. The van der Waals surface area contributed by atoms with Gasteiger partial charge in [-0.3, -0.25) is 14.9 Å². The van der Waals surface area contributed by atoms with Crippen LogP contribution in [-0.2, 0) is 19.9 Å². The van der Waals surface area contributed by atoms with E-state index >= 15 is 4.39 Å². The monoisotopic (exact) mass is 555 g/mol. The zero-order chi connectivity index (χ0) is 27.3. The fourth-order valence-electron chi connectivity index (χ4n) is 5.66. The van der Waals surface area contributed by atoms with Crippen LogP contribution in [0.1, 0.15) is 49.4 Å². The van der Waals surface area contributed by atoms with E-state index in [9.17, 15) is 18.8 Å². The summed E-state index contributed by atoms with van der Waals surface area (Å²) in [5, 5.41) is 5.16. The molecule has 0 radical (unpaired) electrons. The average molecular weight is 556 g/mol. The maximum Gasteiger partial charge on any atom is 0.412 e. The molecule has 2 aromatic carbocycles. The number of hydrogen-bond donors (Lipinski definition) is 3. The van der Waals surface area contributed by atoms with Crippen LogP contribution in [-0.4, -0.2) is 45.9 Å². The summed E-state index contributed by atoms with van der Waals surface area (Å²) in [6, 6.07) is 6.92. The van der Waals surface area contributed by atoms with Crippen molar-refractivity contribution in [1.29, 1.82) is 0 Å². The van der Waals surface area contributed by atoms with Gasteiger partial charge in [-0.25, -0.2) is 18.6 Å². The molecule has 0 saturated carbocycles. The third-order valence-electron chi connectivity index (χ3n) is 7.52. The number of amides is 3. The van der Waals surface area contributed by atoms with Crippen molar-refractivity contribution in [3.8, 4) is 11.3 Å². The van der Waals surface area contributed by atoms with Crippen molar-refractivity contribution in [2.24, 2.45) is 0 Å². The highest BCUT2D eigenvalue weighted by molar-refractivity contribution is 6.31. The molecule has 3 aliphatic heterocycles. The molecule has 3 aliphatic rings. The van der Waals surface area contributed by atoms with Crippen LogP contribution in [0.25, 0.3) is 11.3 Å². The third kappa shape index (κ3) is 4.50. The Morgan fingerprint density at radius 3 is 2.82 bits per heavy atom. The molecule has 12 heteroatoms. The zero-order valence-corrected chi connectivity index (χ0v) is 21.4. The summed E-state index contributed by atoms with van der Waals surface area (Å²) < 4.78 is 34.8. The minimum Gasteiger partial charge on any atom is -0.436 e.